The molecular formula is C29H20N6O2. The lowest BCUT2D eigenvalue weighted by molar-refractivity contribution is -0.384. The Bertz CT molecular complexity index is 1570. The first-order valence-electron chi connectivity index (χ1n) is 11.4. The van der Waals surface area contributed by atoms with E-state index in [1.165, 1.54) is 17.1 Å². The van der Waals surface area contributed by atoms with Crippen LogP contribution in [0.1, 0.15) is 0 Å². The highest BCUT2D eigenvalue weighted by atomic mass is 16.6. The summed E-state index contributed by atoms with van der Waals surface area (Å²) in [6.45, 7) is 0. The van der Waals surface area contributed by atoms with E-state index < -0.39 is 4.92 Å². The van der Waals surface area contributed by atoms with Gasteiger partial charge in [-0.05, 0) is 41.5 Å². The normalized spacial score (nSPS) is 10.4. The Hall–Kier alpha value is -5.55. The highest BCUT2D eigenvalue weighted by molar-refractivity contribution is 5.73. The summed E-state index contributed by atoms with van der Waals surface area (Å²) < 4.78 is 0. The maximum Gasteiger partial charge on any atom is 0.269 e. The molecule has 37 heavy (non-hydrogen) atoms. The van der Waals surface area contributed by atoms with Gasteiger partial charge in [0.15, 0.2) is 0 Å². The highest BCUT2D eigenvalue weighted by Crippen LogP contribution is 2.29. The number of hydrogen-bond donors (Lipinski definition) is 1. The predicted molar refractivity (Wildman–Crippen MR) is 143 cm³/mol. The number of benzene rings is 4. The van der Waals surface area contributed by atoms with Crippen LogP contribution < -0.4 is 10.4 Å². The smallest absolute Gasteiger partial charge is 0.269 e. The van der Waals surface area contributed by atoms with Crippen LogP contribution in [-0.4, -0.2) is 14.9 Å². The number of non-ortho nitro benzene ring substituents is 1. The highest BCUT2D eigenvalue weighted by Gasteiger charge is 2.16. The molecule has 0 fully saturated rings. The van der Waals surface area contributed by atoms with E-state index in [4.69, 9.17) is 0 Å². The molecule has 0 spiro atoms. The number of nitrogens with zero attached hydrogens (tertiary/aromatic N) is 5. The summed E-state index contributed by atoms with van der Waals surface area (Å²) in [5.74, 6) is 0.143. The van der Waals surface area contributed by atoms with E-state index in [-0.39, 0.29) is 11.6 Å². The molecule has 0 aliphatic carbocycles. The van der Waals surface area contributed by atoms with E-state index in [0.29, 0.717) is 22.6 Å². The number of nitro groups is 1. The maximum atomic E-state index is 11.1. The molecule has 0 unspecified atom stereocenters. The topological polar surface area (TPSA) is 108 Å². The SMILES string of the molecule is N#CN(Nc1ccccc1)c1nc(-c2ccc(-c3ccccc3)cc2)cc(-c2ccc([N+](=O)[O-])cc2)n1. The Balaban J connectivity index is 1.57. The molecular weight excluding hydrogens is 464 g/mol. The van der Waals surface area contributed by atoms with E-state index >= 15 is 0 Å². The van der Waals surface area contributed by atoms with Gasteiger partial charge in [-0.15, -0.1) is 0 Å². The van der Waals surface area contributed by atoms with Crippen molar-refractivity contribution < 1.29 is 4.92 Å². The molecule has 0 aliphatic heterocycles. The van der Waals surface area contributed by atoms with Crippen molar-refractivity contribution in [1.29, 1.82) is 5.26 Å². The molecule has 8 heteroatoms. The third-order valence-electron chi connectivity index (χ3n) is 5.69. The van der Waals surface area contributed by atoms with Crippen LogP contribution in [0.3, 0.4) is 0 Å². The van der Waals surface area contributed by atoms with Crippen molar-refractivity contribution in [2.45, 2.75) is 0 Å². The molecule has 8 nitrogen and oxygen atoms in total. The van der Waals surface area contributed by atoms with Crippen LogP contribution in [0.25, 0.3) is 33.6 Å². The summed E-state index contributed by atoms with van der Waals surface area (Å²) >= 11 is 0. The maximum absolute atomic E-state index is 11.1. The first-order chi connectivity index (χ1) is 18.1. The van der Waals surface area contributed by atoms with Crippen LogP contribution in [0.4, 0.5) is 17.3 Å². The summed E-state index contributed by atoms with van der Waals surface area (Å²) in [7, 11) is 0. The van der Waals surface area contributed by atoms with Crippen molar-refractivity contribution in [3.05, 3.63) is 125 Å². The van der Waals surface area contributed by atoms with Crippen LogP contribution >= 0.6 is 0 Å². The quantitative estimate of drug-likeness (QED) is 0.118. The van der Waals surface area contributed by atoms with Gasteiger partial charge in [-0.25, -0.2) is 9.97 Å². The number of nitrogens with one attached hydrogen (secondary N) is 1. The standard InChI is InChI=1S/C29H20N6O2/c30-20-34(33-25-9-5-2-6-10-25)29-31-27(19-28(32-29)24-15-17-26(18-16-24)35(36)37)23-13-11-22(12-14-23)21-7-3-1-4-8-21/h1-19,33H. The van der Waals surface area contributed by atoms with Crippen LogP contribution in [0, 0.1) is 21.6 Å². The average Bonchev–Trinajstić information content (AvgIpc) is 2.97. The predicted octanol–water partition coefficient (Wildman–Crippen LogP) is 6.70. The van der Waals surface area contributed by atoms with Crippen molar-refractivity contribution in [2.75, 3.05) is 10.4 Å². The molecule has 0 atom stereocenters. The number of aromatic nitrogens is 2. The molecule has 5 aromatic rings. The Morgan fingerprint density at radius 1 is 0.703 bits per heavy atom. The molecule has 1 heterocycles. The zero-order valence-electron chi connectivity index (χ0n) is 19.5. The molecule has 1 aromatic heterocycles. The minimum Gasteiger partial charge on any atom is -0.282 e. The zero-order valence-corrected chi connectivity index (χ0v) is 19.5. The lowest BCUT2D eigenvalue weighted by Gasteiger charge is -2.18. The largest absolute Gasteiger partial charge is 0.282 e. The van der Waals surface area contributed by atoms with Gasteiger partial charge >= 0.3 is 0 Å². The summed E-state index contributed by atoms with van der Waals surface area (Å²) in [6.07, 6.45) is 2.09. The third kappa shape index (κ3) is 5.26. The lowest BCUT2D eigenvalue weighted by atomic mass is 10.0. The van der Waals surface area contributed by atoms with Gasteiger partial charge in [0, 0.05) is 23.3 Å². The third-order valence-corrected chi connectivity index (χ3v) is 5.69. The van der Waals surface area contributed by atoms with E-state index in [2.05, 4.69) is 21.6 Å². The van der Waals surface area contributed by atoms with Gasteiger partial charge in [-0.3, -0.25) is 15.5 Å². The molecule has 0 saturated carbocycles. The van der Waals surface area contributed by atoms with Gasteiger partial charge in [0.2, 0.25) is 6.19 Å². The van der Waals surface area contributed by atoms with Gasteiger partial charge in [-0.2, -0.15) is 10.3 Å². The number of nitro benzene ring substituents is 1. The molecule has 0 aliphatic rings. The molecule has 0 amide bonds. The van der Waals surface area contributed by atoms with Gasteiger partial charge in [0.25, 0.3) is 11.6 Å². The van der Waals surface area contributed by atoms with Crippen molar-refractivity contribution >= 4 is 17.3 Å². The molecule has 0 radical (unpaired) electrons. The van der Waals surface area contributed by atoms with Crippen LogP contribution in [-0.2, 0) is 0 Å². The molecule has 1 N–H and O–H groups in total. The average molecular weight is 485 g/mol. The van der Waals surface area contributed by atoms with Crippen LogP contribution in [0.2, 0.25) is 0 Å². The minimum absolute atomic E-state index is 0.0147. The Morgan fingerprint density at radius 3 is 1.73 bits per heavy atom. The second-order valence-corrected chi connectivity index (χ2v) is 8.10. The van der Waals surface area contributed by atoms with Crippen LogP contribution in [0.15, 0.2) is 115 Å². The Kier molecular flexibility index (Phi) is 6.51. The molecule has 4 aromatic carbocycles. The second-order valence-electron chi connectivity index (χ2n) is 8.10. The minimum atomic E-state index is -0.448. The van der Waals surface area contributed by atoms with Gasteiger partial charge < -0.3 is 0 Å². The first-order valence-corrected chi connectivity index (χ1v) is 11.4. The fourth-order valence-electron chi connectivity index (χ4n) is 3.81. The van der Waals surface area contributed by atoms with Gasteiger partial charge in [0.05, 0.1) is 22.0 Å². The summed E-state index contributed by atoms with van der Waals surface area (Å²) in [6, 6.07) is 35.2. The fourth-order valence-corrected chi connectivity index (χ4v) is 3.81. The fraction of sp³-hybridized carbons (Fsp3) is 0. The van der Waals surface area contributed by atoms with Gasteiger partial charge in [-0.1, -0.05) is 72.8 Å². The molecule has 0 saturated heterocycles. The second kappa shape index (κ2) is 10.4. The first kappa shape index (κ1) is 23.2. The Morgan fingerprint density at radius 2 is 1.19 bits per heavy atom. The van der Waals surface area contributed by atoms with Crippen molar-refractivity contribution in [1.82, 2.24) is 9.97 Å². The lowest BCUT2D eigenvalue weighted by Crippen LogP contribution is -2.26. The van der Waals surface area contributed by atoms with E-state index in [0.717, 1.165) is 16.7 Å². The number of rotatable bonds is 7. The van der Waals surface area contributed by atoms with E-state index in [1.807, 2.05) is 84.9 Å². The number of anilines is 2. The zero-order chi connectivity index (χ0) is 25.6. The molecule has 5 rings (SSSR count). The van der Waals surface area contributed by atoms with Crippen molar-refractivity contribution in [3.8, 4) is 39.8 Å². The molecule has 0 bridgehead atoms. The van der Waals surface area contributed by atoms with Crippen molar-refractivity contribution in [3.63, 3.8) is 0 Å². The summed E-state index contributed by atoms with van der Waals surface area (Å²) in [5, 5.41) is 22.2. The van der Waals surface area contributed by atoms with Crippen molar-refractivity contribution in [2.24, 2.45) is 0 Å². The Labute approximate surface area is 213 Å². The summed E-state index contributed by atoms with van der Waals surface area (Å²) in [5.41, 5.74) is 8.50. The number of hydrogen-bond acceptors (Lipinski definition) is 7. The summed E-state index contributed by atoms with van der Waals surface area (Å²) in [4.78, 5) is 19.9. The number of para-hydroxylation sites is 1. The van der Waals surface area contributed by atoms with E-state index in [1.54, 1.807) is 18.2 Å². The monoisotopic (exact) mass is 484 g/mol. The van der Waals surface area contributed by atoms with Crippen LogP contribution in [0.5, 0.6) is 0 Å². The number of hydrazine groups is 1. The van der Waals surface area contributed by atoms with Gasteiger partial charge in [0.1, 0.15) is 0 Å². The van der Waals surface area contributed by atoms with E-state index in [9.17, 15) is 15.4 Å². The molecule has 178 valence electrons. The number of nitriles is 1.